The van der Waals surface area contributed by atoms with Crippen LogP contribution in [0.25, 0.3) is 0 Å². The van der Waals surface area contributed by atoms with Crippen molar-refractivity contribution in [2.24, 2.45) is 0 Å². The molecule has 0 aliphatic heterocycles. The van der Waals surface area contributed by atoms with Gasteiger partial charge in [-0.05, 0) is 29.5 Å². The summed E-state index contributed by atoms with van der Waals surface area (Å²) >= 11 is 0. The Hall–Kier alpha value is -2.05. The SMILES string of the molecule is COc1cccc(CC(C)c2ccccc2)c1OC.CS(=O)(=O)O. The van der Waals surface area contributed by atoms with Crippen LogP contribution in [0.3, 0.4) is 0 Å². The average molecular weight is 352 g/mol. The van der Waals surface area contributed by atoms with Gasteiger partial charge in [-0.3, -0.25) is 4.55 Å². The van der Waals surface area contributed by atoms with Crippen molar-refractivity contribution in [1.82, 2.24) is 0 Å². The number of hydrogen-bond acceptors (Lipinski definition) is 4. The van der Waals surface area contributed by atoms with E-state index in [4.69, 9.17) is 14.0 Å². The Morgan fingerprint density at radius 1 is 1.00 bits per heavy atom. The van der Waals surface area contributed by atoms with Gasteiger partial charge in [0.15, 0.2) is 11.5 Å². The van der Waals surface area contributed by atoms with E-state index in [9.17, 15) is 8.42 Å². The van der Waals surface area contributed by atoms with Crippen LogP contribution >= 0.6 is 0 Å². The van der Waals surface area contributed by atoms with E-state index in [0.29, 0.717) is 12.2 Å². The first kappa shape index (κ1) is 20.0. The summed E-state index contributed by atoms with van der Waals surface area (Å²) in [5.74, 6) is 2.08. The minimum Gasteiger partial charge on any atom is -0.493 e. The standard InChI is InChI=1S/C17H20O2.CH4O3S/c1-13(14-8-5-4-6-9-14)12-15-10-7-11-16(18-2)17(15)19-3;1-5(2,3)4/h4-11,13H,12H2,1-3H3;1H3,(H,2,3,4). The molecule has 0 spiro atoms. The molecular weight excluding hydrogens is 328 g/mol. The summed E-state index contributed by atoms with van der Waals surface area (Å²) in [6.45, 7) is 2.23. The lowest BCUT2D eigenvalue weighted by Gasteiger charge is -2.16. The lowest BCUT2D eigenvalue weighted by molar-refractivity contribution is 0.351. The number of benzene rings is 2. The fraction of sp³-hybridized carbons (Fsp3) is 0.333. The van der Waals surface area contributed by atoms with Crippen molar-refractivity contribution in [2.45, 2.75) is 19.3 Å². The summed E-state index contributed by atoms with van der Waals surface area (Å²) in [5.41, 5.74) is 2.52. The molecule has 0 aromatic heterocycles. The highest BCUT2D eigenvalue weighted by atomic mass is 32.2. The molecule has 24 heavy (non-hydrogen) atoms. The van der Waals surface area contributed by atoms with Crippen molar-refractivity contribution in [3.63, 3.8) is 0 Å². The van der Waals surface area contributed by atoms with Gasteiger partial charge in [0, 0.05) is 0 Å². The molecule has 0 saturated carbocycles. The average Bonchev–Trinajstić information content (AvgIpc) is 2.53. The van der Waals surface area contributed by atoms with Crippen LogP contribution in [0.5, 0.6) is 11.5 Å². The Morgan fingerprint density at radius 3 is 2.08 bits per heavy atom. The summed E-state index contributed by atoms with van der Waals surface area (Å²) in [5, 5.41) is 0. The molecular formula is C18H24O5S. The van der Waals surface area contributed by atoms with Crippen molar-refractivity contribution < 1.29 is 22.4 Å². The molecule has 132 valence electrons. The van der Waals surface area contributed by atoms with Crippen LogP contribution in [0.2, 0.25) is 0 Å². The summed E-state index contributed by atoms with van der Waals surface area (Å²) in [6.07, 6.45) is 1.65. The second-order valence-corrected chi connectivity index (χ2v) is 6.87. The molecule has 2 aromatic rings. The van der Waals surface area contributed by atoms with Gasteiger partial charge in [-0.25, -0.2) is 0 Å². The smallest absolute Gasteiger partial charge is 0.261 e. The highest BCUT2D eigenvalue weighted by molar-refractivity contribution is 7.85. The number of hydrogen-bond donors (Lipinski definition) is 1. The van der Waals surface area contributed by atoms with E-state index in [1.54, 1.807) is 14.2 Å². The van der Waals surface area contributed by atoms with Crippen LogP contribution in [-0.4, -0.2) is 33.4 Å². The van der Waals surface area contributed by atoms with Crippen LogP contribution in [-0.2, 0) is 16.5 Å². The molecule has 1 atom stereocenters. The van der Waals surface area contributed by atoms with Gasteiger partial charge in [0.05, 0.1) is 20.5 Å². The second-order valence-electron chi connectivity index (χ2n) is 5.40. The van der Waals surface area contributed by atoms with E-state index < -0.39 is 10.1 Å². The largest absolute Gasteiger partial charge is 0.493 e. The summed E-state index contributed by atoms with van der Waals surface area (Å²) in [4.78, 5) is 0. The topological polar surface area (TPSA) is 72.8 Å². The van der Waals surface area contributed by atoms with Crippen molar-refractivity contribution in [1.29, 1.82) is 0 Å². The molecule has 2 aromatic carbocycles. The fourth-order valence-electron chi connectivity index (χ4n) is 2.34. The Kier molecular flexibility index (Phi) is 7.74. The monoisotopic (exact) mass is 352 g/mol. The van der Waals surface area contributed by atoms with E-state index >= 15 is 0 Å². The van der Waals surface area contributed by atoms with Crippen molar-refractivity contribution >= 4 is 10.1 Å². The molecule has 5 nitrogen and oxygen atoms in total. The maximum atomic E-state index is 9.19. The van der Waals surface area contributed by atoms with Gasteiger partial charge in [-0.1, -0.05) is 49.4 Å². The molecule has 0 fully saturated rings. The Morgan fingerprint density at radius 2 is 1.58 bits per heavy atom. The number of para-hydroxylation sites is 1. The van der Waals surface area contributed by atoms with Gasteiger partial charge < -0.3 is 9.47 Å². The summed E-state index contributed by atoms with van der Waals surface area (Å²) < 4.78 is 36.7. The first-order chi connectivity index (χ1) is 11.3. The number of rotatable bonds is 5. The Labute approximate surface area is 144 Å². The lowest BCUT2D eigenvalue weighted by Crippen LogP contribution is -2.01. The zero-order valence-electron chi connectivity index (χ0n) is 14.4. The highest BCUT2D eigenvalue weighted by Crippen LogP contribution is 2.33. The van der Waals surface area contributed by atoms with Crippen LogP contribution in [0, 0.1) is 0 Å². The zero-order valence-corrected chi connectivity index (χ0v) is 15.2. The normalized spacial score (nSPS) is 11.9. The maximum Gasteiger partial charge on any atom is 0.261 e. The fourth-order valence-corrected chi connectivity index (χ4v) is 2.34. The molecule has 0 saturated heterocycles. The van der Waals surface area contributed by atoms with Crippen LogP contribution in [0.4, 0.5) is 0 Å². The third-order valence-electron chi connectivity index (χ3n) is 3.38. The van der Waals surface area contributed by atoms with Gasteiger partial charge in [-0.15, -0.1) is 0 Å². The van der Waals surface area contributed by atoms with E-state index in [-0.39, 0.29) is 0 Å². The van der Waals surface area contributed by atoms with E-state index in [1.165, 1.54) is 11.1 Å². The lowest BCUT2D eigenvalue weighted by atomic mass is 9.93. The van der Waals surface area contributed by atoms with E-state index in [1.807, 2.05) is 18.2 Å². The summed E-state index contributed by atoms with van der Waals surface area (Å²) in [7, 11) is -0.309. The van der Waals surface area contributed by atoms with E-state index in [0.717, 1.165) is 17.9 Å². The molecule has 0 radical (unpaired) electrons. The summed E-state index contributed by atoms with van der Waals surface area (Å²) in [6, 6.07) is 16.6. The second kappa shape index (κ2) is 9.30. The minimum absolute atomic E-state index is 0.446. The molecule has 1 N–H and O–H groups in total. The molecule has 0 aliphatic rings. The molecule has 6 heteroatoms. The minimum atomic E-state index is -3.67. The van der Waals surface area contributed by atoms with Gasteiger partial charge in [0.1, 0.15) is 0 Å². The van der Waals surface area contributed by atoms with Crippen molar-refractivity contribution in [3.8, 4) is 11.5 Å². The van der Waals surface area contributed by atoms with Crippen LogP contribution < -0.4 is 9.47 Å². The van der Waals surface area contributed by atoms with Gasteiger partial charge in [0.2, 0.25) is 0 Å². The molecule has 1 unspecified atom stereocenters. The third kappa shape index (κ3) is 7.02. The predicted molar refractivity (Wildman–Crippen MR) is 95.6 cm³/mol. The van der Waals surface area contributed by atoms with E-state index in [2.05, 4.69) is 37.3 Å². The maximum absolute atomic E-state index is 9.19. The quantitative estimate of drug-likeness (QED) is 0.833. The number of methoxy groups -OCH3 is 2. The van der Waals surface area contributed by atoms with Crippen molar-refractivity contribution in [2.75, 3.05) is 20.5 Å². The van der Waals surface area contributed by atoms with Gasteiger partial charge in [0.25, 0.3) is 10.1 Å². The Bertz CT molecular complexity index is 718. The molecule has 0 bridgehead atoms. The van der Waals surface area contributed by atoms with Crippen LogP contribution in [0.1, 0.15) is 24.0 Å². The third-order valence-corrected chi connectivity index (χ3v) is 3.38. The Balaban J connectivity index is 0.000000505. The first-order valence-electron chi connectivity index (χ1n) is 7.43. The van der Waals surface area contributed by atoms with Gasteiger partial charge in [-0.2, -0.15) is 8.42 Å². The highest BCUT2D eigenvalue weighted by Gasteiger charge is 2.13. The zero-order chi connectivity index (χ0) is 18.2. The molecule has 0 aliphatic carbocycles. The molecule has 0 amide bonds. The van der Waals surface area contributed by atoms with Crippen molar-refractivity contribution in [3.05, 3.63) is 59.7 Å². The number of ether oxygens (including phenoxy) is 2. The first-order valence-corrected chi connectivity index (χ1v) is 9.28. The molecule has 2 rings (SSSR count). The molecule has 0 heterocycles. The predicted octanol–water partition coefficient (Wildman–Crippen LogP) is 3.55. The van der Waals surface area contributed by atoms with Gasteiger partial charge >= 0.3 is 0 Å². The van der Waals surface area contributed by atoms with Crippen LogP contribution in [0.15, 0.2) is 48.5 Å².